The number of nitrogens with zero attached hydrogens (tertiary/aromatic N) is 1. The Bertz CT molecular complexity index is 540. The van der Waals surface area contributed by atoms with E-state index in [-0.39, 0.29) is 5.91 Å². The third-order valence-corrected chi connectivity index (χ3v) is 5.16. The minimum absolute atomic E-state index is 0.201. The molecular formula is C18H26N2O. The molecule has 21 heavy (non-hydrogen) atoms. The molecule has 0 spiro atoms. The topological polar surface area (TPSA) is 32.3 Å². The van der Waals surface area contributed by atoms with Crippen molar-refractivity contribution in [3.8, 4) is 0 Å². The fraction of sp³-hybridized carbons (Fsp3) is 0.611. The molecule has 0 saturated carbocycles. The van der Waals surface area contributed by atoms with Gasteiger partial charge in [-0.1, -0.05) is 26.0 Å². The molecule has 3 rings (SSSR count). The lowest BCUT2D eigenvalue weighted by Gasteiger charge is -2.41. The number of para-hydroxylation sites is 1. The molecule has 2 heterocycles. The van der Waals surface area contributed by atoms with Gasteiger partial charge >= 0.3 is 0 Å². The van der Waals surface area contributed by atoms with E-state index in [9.17, 15) is 4.79 Å². The molecule has 0 bridgehead atoms. The lowest BCUT2D eigenvalue weighted by atomic mass is 9.85. The molecule has 0 aliphatic carbocycles. The number of likely N-dealkylation sites (tertiary alicyclic amines) is 1. The van der Waals surface area contributed by atoms with E-state index in [0.717, 1.165) is 37.2 Å². The fourth-order valence-electron chi connectivity index (χ4n) is 3.83. The van der Waals surface area contributed by atoms with Gasteiger partial charge in [-0.2, -0.15) is 0 Å². The molecule has 1 aromatic carbocycles. The van der Waals surface area contributed by atoms with Crippen LogP contribution >= 0.6 is 0 Å². The summed E-state index contributed by atoms with van der Waals surface area (Å²) in [7, 11) is 0. The Morgan fingerprint density at radius 3 is 2.90 bits per heavy atom. The minimum atomic E-state index is 0.201. The van der Waals surface area contributed by atoms with E-state index in [0.29, 0.717) is 17.9 Å². The molecule has 3 atom stereocenters. The fourth-order valence-corrected chi connectivity index (χ4v) is 3.83. The normalized spacial score (nSPS) is 28.7. The Balaban J connectivity index is 1.91. The predicted octanol–water partition coefficient (Wildman–Crippen LogP) is 3.55. The van der Waals surface area contributed by atoms with E-state index in [4.69, 9.17) is 0 Å². The second kappa shape index (κ2) is 5.70. The molecule has 0 radical (unpaired) electrons. The van der Waals surface area contributed by atoms with Gasteiger partial charge in [-0.25, -0.2) is 0 Å². The number of aryl methyl sites for hydroxylation is 1. The van der Waals surface area contributed by atoms with Gasteiger partial charge in [-0.05, 0) is 49.7 Å². The van der Waals surface area contributed by atoms with Crippen LogP contribution in [0.5, 0.6) is 0 Å². The number of rotatable bonds is 1. The SMILES string of the molecule is CC1CC(C)C(C)N(C(=O)c2cccc3c2NCCC3)C1. The first kappa shape index (κ1) is 14.4. The van der Waals surface area contributed by atoms with Crippen LogP contribution in [0.15, 0.2) is 18.2 Å². The summed E-state index contributed by atoms with van der Waals surface area (Å²) in [5.41, 5.74) is 3.23. The number of fused-ring (bicyclic) bond motifs is 1. The quantitative estimate of drug-likeness (QED) is 0.856. The largest absolute Gasteiger partial charge is 0.384 e. The van der Waals surface area contributed by atoms with Crippen LogP contribution in [0.2, 0.25) is 0 Å². The second-order valence-electron chi connectivity index (χ2n) is 6.89. The van der Waals surface area contributed by atoms with Crippen molar-refractivity contribution in [2.75, 3.05) is 18.4 Å². The number of carbonyl (C=O) groups is 1. The van der Waals surface area contributed by atoms with Gasteiger partial charge in [0, 0.05) is 19.1 Å². The molecule has 1 saturated heterocycles. The highest BCUT2D eigenvalue weighted by molar-refractivity contribution is 6.00. The Hall–Kier alpha value is -1.51. The molecule has 1 fully saturated rings. The predicted molar refractivity (Wildman–Crippen MR) is 86.7 cm³/mol. The number of nitrogens with one attached hydrogen (secondary N) is 1. The zero-order valence-electron chi connectivity index (χ0n) is 13.4. The van der Waals surface area contributed by atoms with Gasteiger partial charge in [-0.15, -0.1) is 0 Å². The molecule has 3 heteroatoms. The average molecular weight is 286 g/mol. The standard InChI is InChI=1S/C18H26N2O/c1-12-10-13(2)14(3)20(11-12)18(21)16-8-4-6-15-7-5-9-19-17(15)16/h4,6,8,12-14,19H,5,7,9-11H2,1-3H3. The van der Waals surface area contributed by atoms with Gasteiger partial charge in [0.1, 0.15) is 0 Å². The maximum Gasteiger partial charge on any atom is 0.256 e. The van der Waals surface area contributed by atoms with Crippen molar-refractivity contribution in [3.05, 3.63) is 29.3 Å². The van der Waals surface area contributed by atoms with Crippen LogP contribution in [-0.4, -0.2) is 29.9 Å². The number of hydrogen-bond acceptors (Lipinski definition) is 2. The van der Waals surface area contributed by atoms with Crippen LogP contribution in [-0.2, 0) is 6.42 Å². The van der Waals surface area contributed by atoms with E-state index in [1.165, 1.54) is 12.0 Å². The lowest BCUT2D eigenvalue weighted by molar-refractivity contribution is 0.0456. The monoisotopic (exact) mass is 286 g/mol. The summed E-state index contributed by atoms with van der Waals surface area (Å²) < 4.78 is 0. The summed E-state index contributed by atoms with van der Waals surface area (Å²) in [4.78, 5) is 15.1. The summed E-state index contributed by atoms with van der Waals surface area (Å²) in [6.07, 6.45) is 3.45. The number of amides is 1. The van der Waals surface area contributed by atoms with E-state index in [2.05, 4.69) is 37.1 Å². The molecule has 1 N–H and O–H groups in total. The molecule has 114 valence electrons. The van der Waals surface area contributed by atoms with Gasteiger partial charge in [-0.3, -0.25) is 4.79 Å². The Kier molecular flexibility index (Phi) is 3.92. The van der Waals surface area contributed by atoms with Gasteiger partial charge in [0.25, 0.3) is 5.91 Å². The summed E-state index contributed by atoms with van der Waals surface area (Å²) >= 11 is 0. The van der Waals surface area contributed by atoms with Crippen LogP contribution < -0.4 is 5.32 Å². The third-order valence-electron chi connectivity index (χ3n) is 5.16. The van der Waals surface area contributed by atoms with Gasteiger partial charge in [0.05, 0.1) is 11.3 Å². The summed E-state index contributed by atoms with van der Waals surface area (Å²) in [5.74, 6) is 1.37. The maximum absolute atomic E-state index is 13.1. The number of carbonyl (C=O) groups excluding carboxylic acids is 1. The van der Waals surface area contributed by atoms with Gasteiger partial charge in [0.15, 0.2) is 0 Å². The minimum Gasteiger partial charge on any atom is -0.384 e. The van der Waals surface area contributed by atoms with Crippen molar-refractivity contribution >= 4 is 11.6 Å². The van der Waals surface area contributed by atoms with E-state index in [1.54, 1.807) is 0 Å². The average Bonchev–Trinajstić information content (AvgIpc) is 2.49. The molecular weight excluding hydrogens is 260 g/mol. The molecule has 1 amide bonds. The second-order valence-corrected chi connectivity index (χ2v) is 6.89. The first-order valence-corrected chi connectivity index (χ1v) is 8.24. The van der Waals surface area contributed by atoms with Gasteiger partial charge in [0.2, 0.25) is 0 Å². The lowest BCUT2D eigenvalue weighted by Crippen LogP contribution is -2.49. The van der Waals surface area contributed by atoms with Crippen LogP contribution in [0, 0.1) is 11.8 Å². The van der Waals surface area contributed by atoms with Crippen molar-refractivity contribution in [1.29, 1.82) is 0 Å². The molecule has 2 aliphatic rings. The number of benzene rings is 1. The van der Waals surface area contributed by atoms with E-state index in [1.807, 2.05) is 12.1 Å². The van der Waals surface area contributed by atoms with E-state index >= 15 is 0 Å². The highest BCUT2D eigenvalue weighted by atomic mass is 16.2. The summed E-state index contributed by atoms with van der Waals surface area (Å²) in [6, 6.07) is 6.48. The Morgan fingerprint density at radius 2 is 2.10 bits per heavy atom. The van der Waals surface area contributed by atoms with Crippen LogP contribution in [0.25, 0.3) is 0 Å². The summed E-state index contributed by atoms with van der Waals surface area (Å²) in [5, 5.41) is 3.44. The van der Waals surface area contributed by atoms with Crippen LogP contribution in [0.4, 0.5) is 5.69 Å². The maximum atomic E-state index is 13.1. The number of piperidine rings is 1. The summed E-state index contributed by atoms with van der Waals surface area (Å²) in [6.45, 7) is 8.56. The van der Waals surface area contributed by atoms with Crippen LogP contribution in [0.1, 0.15) is 49.5 Å². The van der Waals surface area contributed by atoms with Crippen LogP contribution in [0.3, 0.4) is 0 Å². The first-order chi connectivity index (χ1) is 10.1. The smallest absolute Gasteiger partial charge is 0.256 e. The van der Waals surface area contributed by atoms with Crippen molar-refractivity contribution in [3.63, 3.8) is 0 Å². The first-order valence-electron chi connectivity index (χ1n) is 8.24. The van der Waals surface area contributed by atoms with E-state index < -0.39 is 0 Å². The zero-order valence-corrected chi connectivity index (χ0v) is 13.4. The zero-order chi connectivity index (χ0) is 15.0. The molecule has 0 aromatic heterocycles. The van der Waals surface area contributed by atoms with Crippen molar-refractivity contribution in [2.45, 2.75) is 46.1 Å². The highest BCUT2D eigenvalue weighted by Crippen LogP contribution is 2.32. The van der Waals surface area contributed by atoms with Crippen molar-refractivity contribution in [1.82, 2.24) is 4.90 Å². The number of anilines is 1. The third kappa shape index (κ3) is 2.66. The molecule has 2 aliphatic heterocycles. The number of hydrogen-bond donors (Lipinski definition) is 1. The molecule has 3 nitrogen and oxygen atoms in total. The Labute approximate surface area is 127 Å². The van der Waals surface area contributed by atoms with Gasteiger partial charge < -0.3 is 10.2 Å². The van der Waals surface area contributed by atoms with Crippen molar-refractivity contribution in [2.24, 2.45) is 11.8 Å². The Morgan fingerprint density at radius 1 is 1.29 bits per heavy atom. The van der Waals surface area contributed by atoms with Crippen molar-refractivity contribution < 1.29 is 4.79 Å². The molecule has 3 unspecified atom stereocenters. The highest BCUT2D eigenvalue weighted by Gasteiger charge is 2.33. The molecule has 1 aromatic rings.